The van der Waals surface area contributed by atoms with E-state index in [2.05, 4.69) is 51.1 Å². The molecular formula is C14H18. The average molecular weight is 186 g/mol. The minimum absolute atomic E-state index is 0.642. The molecule has 0 fully saturated rings. The van der Waals surface area contributed by atoms with Crippen LogP contribution in [-0.2, 0) is 6.42 Å². The molecule has 0 bridgehead atoms. The molecule has 0 amide bonds. The topological polar surface area (TPSA) is 0 Å². The van der Waals surface area contributed by atoms with E-state index in [9.17, 15) is 0 Å². The molecular weight excluding hydrogens is 168 g/mol. The SMILES string of the molecule is CC1C=Cc2cccc(C(C)C)c2C1. The van der Waals surface area contributed by atoms with Gasteiger partial charge in [-0.25, -0.2) is 0 Å². The molecule has 0 aromatic heterocycles. The van der Waals surface area contributed by atoms with Gasteiger partial charge in [-0.15, -0.1) is 0 Å². The summed E-state index contributed by atoms with van der Waals surface area (Å²) in [6.07, 6.45) is 5.79. The first-order chi connectivity index (χ1) is 6.68. The van der Waals surface area contributed by atoms with Crippen molar-refractivity contribution in [1.29, 1.82) is 0 Å². The Morgan fingerprint density at radius 1 is 1.29 bits per heavy atom. The first-order valence-corrected chi connectivity index (χ1v) is 5.48. The summed E-state index contributed by atoms with van der Waals surface area (Å²) in [5.74, 6) is 1.34. The van der Waals surface area contributed by atoms with Gasteiger partial charge in [0, 0.05) is 0 Å². The molecule has 1 aliphatic rings. The minimum Gasteiger partial charge on any atom is -0.0808 e. The van der Waals surface area contributed by atoms with Crippen molar-refractivity contribution >= 4 is 6.08 Å². The fourth-order valence-electron chi connectivity index (χ4n) is 2.21. The standard InChI is InChI=1S/C14H18/c1-10(2)13-6-4-5-12-8-7-11(3)9-14(12)13/h4-8,10-11H,9H2,1-3H3. The summed E-state index contributed by atoms with van der Waals surface area (Å²) >= 11 is 0. The highest BCUT2D eigenvalue weighted by Gasteiger charge is 2.14. The van der Waals surface area contributed by atoms with Gasteiger partial charge in [0.1, 0.15) is 0 Å². The zero-order valence-corrected chi connectivity index (χ0v) is 9.25. The quantitative estimate of drug-likeness (QED) is 0.621. The van der Waals surface area contributed by atoms with E-state index in [-0.39, 0.29) is 0 Å². The highest BCUT2D eigenvalue weighted by atomic mass is 14.2. The van der Waals surface area contributed by atoms with Crippen LogP contribution in [0, 0.1) is 5.92 Å². The van der Waals surface area contributed by atoms with Crippen LogP contribution in [0.5, 0.6) is 0 Å². The molecule has 0 spiro atoms. The van der Waals surface area contributed by atoms with Gasteiger partial charge in [-0.05, 0) is 34.9 Å². The van der Waals surface area contributed by atoms with Crippen LogP contribution in [0.2, 0.25) is 0 Å². The highest BCUT2D eigenvalue weighted by molar-refractivity contribution is 5.59. The second-order valence-electron chi connectivity index (χ2n) is 4.61. The molecule has 1 aliphatic carbocycles. The Morgan fingerprint density at radius 3 is 2.79 bits per heavy atom. The Balaban J connectivity index is 2.51. The van der Waals surface area contributed by atoms with Gasteiger partial charge in [0.15, 0.2) is 0 Å². The second-order valence-corrected chi connectivity index (χ2v) is 4.61. The summed E-state index contributed by atoms with van der Waals surface area (Å²) < 4.78 is 0. The van der Waals surface area contributed by atoms with Crippen molar-refractivity contribution in [3.8, 4) is 0 Å². The van der Waals surface area contributed by atoms with Gasteiger partial charge in [0.25, 0.3) is 0 Å². The Hall–Kier alpha value is -1.04. The van der Waals surface area contributed by atoms with Crippen molar-refractivity contribution in [2.45, 2.75) is 33.1 Å². The zero-order chi connectivity index (χ0) is 10.1. The van der Waals surface area contributed by atoms with E-state index < -0.39 is 0 Å². The molecule has 0 heteroatoms. The highest BCUT2D eigenvalue weighted by Crippen LogP contribution is 2.29. The third kappa shape index (κ3) is 1.61. The molecule has 14 heavy (non-hydrogen) atoms. The van der Waals surface area contributed by atoms with Gasteiger partial charge in [0.05, 0.1) is 0 Å². The van der Waals surface area contributed by atoms with Gasteiger partial charge >= 0.3 is 0 Å². The first kappa shape index (κ1) is 9.51. The molecule has 0 saturated carbocycles. The van der Waals surface area contributed by atoms with Crippen molar-refractivity contribution in [3.05, 3.63) is 41.0 Å². The van der Waals surface area contributed by atoms with Crippen LogP contribution in [-0.4, -0.2) is 0 Å². The molecule has 1 aromatic rings. The van der Waals surface area contributed by atoms with Crippen LogP contribution in [0.3, 0.4) is 0 Å². The number of fused-ring (bicyclic) bond motifs is 1. The number of hydrogen-bond acceptors (Lipinski definition) is 0. The molecule has 1 aromatic carbocycles. The van der Waals surface area contributed by atoms with E-state index >= 15 is 0 Å². The van der Waals surface area contributed by atoms with E-state index in [0.29, 0.717) is 11.8 Å². The predicted molar refractivity (Wildman–Crippen MR) is 62.4 cm³/mol. The maximum Gasteiger partial charge on any atom is -0.0209 e. The van der Waals surface area contributed by atoms with Crippen molar-refractivity contribution < 1.29 is 0 Å². The summed E-state index contributed by atoms with van der Waals surface area (Å²) in [6.45, 7) is 6.84. The fourth-order valence-corrected chi connectivity index (χ4v) is 2.21. The summed E-state index contributed by atoms with van der Waals surface area (Å²) in [5, 5.41) is 0. The Labute approximate surface area is 86.7 Å². The molecule has 1 unspecified atom stereocenters. The second kappa shape index (κ2) is 3.61. The molecule has 0 N–H and O–H groups in total. The van der Waals surface area contributed by atoms with Gasteiger partial charge in [-0.1, -0.05) is 51.1 Å². The lowest BCUT2D eigenvalue weighted by Gasteiger charge is -2.21. The van der Waals surface area contributed by atoms with Crippen molar-refractivity contribution in [2.75, 3.05) is 0 Å². The van der Waals surface area contributed by atoms with Crippen molar-refractivity contribution in [1.82, 2.24) is 0 Å². The van der Waals surface area contributed by atoms with E-state index in [1.165, 1.54) is 17.5 Å². The Kier molecular flexibility index (Phi) is 2.45. The third-order valence-electron chi connectivity index (χ3n) is 3.00. The summed E-state index contributed by atoms with van der Waals surface area (Å²) in [4.78, 5) is 0. The maximum absolute atomic E-state index is 2.31. The molecule has 2 rings (SSSR count). The number of rotatable bonds is 1. The van der Waals surface area contributed by atoms with Crippen LogP contribution in [0.15, 0.2) is 24.3 Å². The van der Waals surface area contributed by atoms with Crippen molar-refractivity contribution in [3.63, 3.8) is 0 Å². The van der Waals surface area contributed by atoms with Crippen LogP contribution in [0.1, 0.15) is 43.4 Å². The number of allylic oxidation sites excluding steroid dienone is 1. The number of benzene rings is 1. The maximum atomic E-state index is 2.31. The van der Waals surface area contributed by atoms with E-state index in [1.807, 2.05) is 0 Å². The zero-order valence-electron chi connectivity index (χ0n) is 9.25. The van der Waals surface area contributed by atoms with E-state index in [1.54, 1.807) is 5.56 Å². The summed E-state index contributed by atoms with van der Waals surface area (Å²) in [5.41, 5.74) is 4.52. The van der Waals surface area contributed by atoms with Gasteiger partial charge in [-0.3, -0.25) is 0 Å². The largest absolute Gasteiger partial charge is 0.0808 e. The first-order valence-electron chi connectivity index (χ1n) is 5.48. The van der Waals surface area contributed by atoms with Gasteiger partial charge in [-0.2, -0.15) is 0 Å². The number of hydrogen-bond donors (Lipinski definition) is 0. The summed E-state index contributed by atoms with van der Waals surface area (Å²) in [6, 6.07) is 6.67. The molecule has 1 atom stereocenters. The normalized spacial score (nSPS) is 19.9. The lowest BCUT2D eigenvalue weighted by Crippen LogP contribution is -2.07. The van der Waals surface area contributed by atoms with Gasteiger partial charge in [0.2, 0.25) is 0 Å². The van der Waals surface area contributed by atoms with Gasteiger partial charge < -0.3 is 0 Å². The molecule has 0 radical (unpaired) electrons. The molecule has 0 saturated heterocycles. The lowest BCUT2D eigenvalue weighted by molar-refractivity contribution is 0.700. The van der Waals surface area contributed by atoms with Crippen molar-refractivity contribution in [2.24, 2.45) is 5.92 Å². The van der Waals surface area contributed by atoms with Crippen LogP contribution >= 0.6 is 0 Å². The van der Waals surface area contributed by atoms with E-state index in [0.717, 1.165) is 0 Å². The minimum atomic E-state index is 0.642. The fraction of sp³-hybridized carbons (Fsp3) is 0.429. The Bertz CT molecular complexity index is 358. The average Bonchev–Trinajstić information content (AvgIpc) is 2.16. The summed E-state index contributed by atoms with van der Waals surface area (Å²) in [7, 11) is 0. The van der Waals surface area contributed by atoms with Crippen LogP contribution in [0.25, 0.3) is 6.08 Å². The van der Waals surface area contributed by atoms with E-state index in [4.69, 9.17) is 0 Å². The molecule has 0 heterocycles. The molecule has 0 nitrogen and oxygen atoms in total. The lowest BCUT2D eigenvalue weighted by atomic mass is 9.84. The smallest absolute Gasteiger partial charge is 0.0209 e. The van der Waals surface area contributed by atoms with Crippen LogP contribution in [0.4, 0.5) is 0 Å². The monoisotopic (exact) mass is 186 g/mol. The third-order valence-corrected chi connectivity index (χ3v) is 3.00. The Morgan fingerprint density at radius 2 is 2.07 bits per heavy atom. The predicted octanol–water partition coefficient (Wildman–Crippen LogP) is 4.02. The molecule has 74 valence electrons. The van der Waals surface area contributed by atoms with Crippen LogP contribution < -0.4 is 0 Å². The molecule has 0 aliphatic heterocycles.